The Bertz CT molecular complexity index is 1440. The molecular formula is C29H30N2O3S2. The zero-order valence-electron chi connectivity index (χ0n) is 20.8. The molecule has 0 fully saturated rings. The normalized spacial score (nSPS) is 13.5. The highest BCUT2D eigenvalue weighted by molar-refractivity contribution is 8.00. The summed E-state index contributed by atoms with van der Waals surface area (Å²) >= 11 is 3.06. The van der Waals surface area contributed by atoms with Crippen molar-refractivity contribution in [3.63, 3.8) is 0 Å². The Morgan fingerprint density at radius 2 is 2.00 bits per heavy atom. The number of nitrogens with one attached hydrogen (secondary N) is 1. The van der Waals surface area contributed by atoms with Crippen LogP contribution in [0.3, 0.4) is 0 Å². The van der Waals surface area contributed by atoms with Gasteiger partial charge in [-0.2, -0.15) is 0 Å². The number of thiophene rings is 1. The average Bonchev–Trinajstić information content (AvgIpc) is 3.53. The van der Waals surface area contributed by atoms with E-state index in [0.717, 1.165) is 47.2 Å². The van der Waals surface area contributed by atoms with Gasteiger partial charge in [-0.25, -0.2) is 4.79 Å². The summed E-state index contributed by atoms with van der Waals surface area (Å²) in [7, 11) is 0. The molecule has 1 atom stereocenters. The fourth-order valence-electron chi connectivity index (χ4n) is 4.81. The van der Waals surface area contributed by atoms with Gasteiger partial charge in [-0.1, -0.05) is 48.0 Å². The second-order valence-corrected chi connectivity index (χ2v) is 11.6. The monoisotopic (exact) mass is 518 g/mol. The first-order valence-electron chi connectivity index (χ1n) is 12.4. The van der Waals surface area contributed by atoms with Crippen LogP contribution in [-0.2, 0) is 28.9 Å². The number of amides is 1. The smallest absolute Gasteiger partial charge is 0.341 e. The maximum absolute atomic E-state index is 13.3. The number of hydrogen-bond donors (Lipinski definition) is 1. The first-order valence-corrected chi connectivity index (χ1v) is 14.1. The summed E-state index contributed by atoms with van der Waals surface area (Å²) in [6.07, 6.45) is 5.00. The molecule has 0 saturated carbocycles. The van der Waals surface area contributed by atoms with Gasteiger partial charge < -0.3 is 14.6 Å². The molecule has 1 N–H and O–H groups in total. The summed E-state index contributed by atoms with van der Waals surface area (Å²) < 4.78 is 7.56. The molecule has 5 nitrogen and oxygen atoms in total. The molecule has 1 amide bonds. The van der Waals surface area contributed by atoms with Crippen molar-refractivity contribution >= 4 is 50.9 Å². The van der Waals surface area contributed by atoms with Crippen molar-refractivity contribution in [3.8, 4) is 0 Å². The first kappa shape index (κ1) is 24.7. The lowest BCUT2D eigenvalue weighted by molar-refractivity contribution is -0.115. The maximum Gasteiger partial charge on any atom is 0.341 e. The molecule has 2 aromatic heterocycles. The van der Waals surface area contributed by atoms with E-state index in [0.29, 0.717) is 17.2 Å². The van der Waals surface area contributed by atoms with E-state index < -0.39 is 0 Å². The summed E-state index contributed by atoms with van der Waals surface area (Å²) in [4.78, 5) is 28.2. The molecule has 0 saturated heterocycles. The maximum atomic E-state index is 13.3. The quantitative estimate of drug-likeness (QED) is 0.205. The lowest BCUT2D eigenvalue weighted by Crippen LogP contribution is -2.23. The van der Waals surface area contributed by atoms with Crippen molar-refractivity contribution < 1.29 is 14.3 Å². The molecule has 0 bridgehead atoms. The van der Waals surface area contributed by atoms with E-state index >= 15 is 0 Å². The number of carbonyl (C=O) groups is 2. The van der Waals surface area contributed by atoms with E-state index in [2.05, 4.69) is 59.4 Å². The number of fused-ring (bicyclic) bond motifs is 2. The van der Waals surface area contributed by atoms with Gasteiger partial charge in [0, 0.05) is 33.4 Å². The number of anilines is 1. The van der Waals surface area contributed by atoms with Crippen LogP contribution < -0.4 is 5.32 Å². The molecule has 7 heteroatoms. The number of ether oxygens (including phenoxy) is 1. The summed E-state index contributed by atoms with van der Waals surface area (Å²) in [6.45, 7) is 6.91. The molecule has 4 aromatic rings. The minimum atomic E-state index is -0.341. The van der Waals surface area contributed by atoms with Crippen LogP contribution in [-0.4, -0.2) is 28.3 Å². The lowest BCUT2D eigenvalue weighted by Gasteiger charge is -2.12. The molecule has 0 aliphatic heterocycles. The van der Waals surface area contributed by atoms with Crippen LogP contribution in [0.1, 0.15) is 52.2 Å². The van der Waals surface area contributed by atoms with Crippen molar-refractivity contribution in [1.82, 2.24) is 4.57 Å². The Labute approximate surface area is 219 Å². The fraction of sp³-hybridized carbons (Fsp3) is 0.310. The standard InChI is InChI=1S/C29H30N2O3S2/c1-4-34-29(33)26-22-12-8-14-24(22)36-28(26)30-27(32)19(3)35-25-17-31(23-13-6-5-11-21(23)25)16-20-10-7-9-18(2)15-20/h5-7,9-11,13,15,17,19H,4,8,12,14,16H2,1-3H3,(H,30,32)/t19-/m0/s1. The number of esters is 1. The summed E-state index contributed by atoms with van der Waals surface area (Å²) in [5, 5.41) is 4.47. The average molecular weight is 519 g/mol. The van der Waals surface area contributed by atoms with E-state index in [4.69, 9.17) is 4.74 Å². The van der Waals surface area contributed by atoms with E-state index in [-0.39, 0.29) is 17.1 Å². The molecule has 1 aliphatic carbocycles. The van der Waals surface area contributed by atoms with E-state index in [1.165, 1.54) is 27.3 Å². The summed E-state index contributed by atoms with van der Waals surface area (Å²) in [5.74, 6) is -0.451. The van der Waals surface area contributed by atoms with Gasteiger partial charge in [0.15, 0.2) is 0 Å². The highest BCUT2D eigenvalue weighted by atomic mass is 32.2. The second kappa shape index (κ2) is 10.5. The number of para-hydroxylation sites is 1. The fourth-order valence-corrected chi connectivity index (χ4v) is 7.13. The summed E-state index contributed by atoms with van der Waals surface area (Å²) in [6, 6.07) is 16.9. The topological polar surface area (TPSA) is 60.3 Å². The predicted molar refractivity (Wildman–Crippen MR) is 148 cm³/mol. The van der Waals surface area contributed by atoms with Gasteiger partial charge in [0.1, 0.15) is 5.00 Å². The zero-order chi connectivity index (χ0) is 25.2. The van der Waals surface area contributed by atoms with Crippen molar-refractivity contribution in [2.75, 3.05) is 11.9 Å². The van der Waals surface area contributed by atoms with Gasteiger partial charge in [0.05, 0.1) is 17.4 Å². The van der Waals surface area contributed by atoms with Crippen molar-refractivity contribution in [2.24, 2.45) is 0 Å². The van der Waals surface area contributed by atoms with Gasteiger partial charge in [-0.15, -0.1) is 23.1 Å². The van der Waals surface area contributed by atoms with Crippen LogP contribution in [0.4, 0.5) is 5.00 Å². The molecule has 1 aliphatic rings. The van der Waals surface area contributed by atoms with Crippen molar-refractivity contribution in [1.29, 1.82) is 0 Å². The number of rotatable bonds is 8. The molecule has 186 valence electrons. The number of aryl methyl sites for hydroxylation is 2. The highest BCUT2D eigenvalue weighted by Gasteiger charge is 2.29. The van der Waals surface area contributed by atoms with Gasteiger partial charge in [0.2, 0.25) is 5.91 Å². The summed E-state index contributed by atoms with van der Waals surface area (Å²) in [5.41, 5.74) is 5.23. The third-order valence-corrected chi connectivity index (χ3v) is 8.85. The molecule has 0 unspecified atom stereocenters. The van der Waals surface area contributed by atoms with Crippen LogP contribution in [0.5, 0.6) is 0 Å². The van der Waals surface area contributed by atoms with E-state index in [1.807, 2.05) is 19.1 Å². The SMILES string of the molecule is CCOC(=O)c1c(NC(=O)[C@H](C)Sc2cn(Cc3cccc(C)c3)c3ccccc23)sc2c1CCC2. The van der Waals surface area contributed by atoms with Gasteiger partial charge >= 0.3 is 5.97 Å². The van der Waals surface area contributed by atoms with Crippen LogP contribution in [0.25, 0.3) is 10.9 Å². The van der Waals surface area contributed by atoms with E-state index in [9.17, 15) is 9.59 Å². The van der Waals surface area contributed by atoms with Gasteiger partial charge in [-0.05, 0) is 57.2 Å². The van der Waals surface area contributed by atoms with Crippen molar-refractivity contribution in [2.45, 2.75) is 56.7 Å². The number of carbonyl (C=O) groups excluding carboxylic acids is 2. The third-order valence-electron chi connectivity index (χ3n) is 6.50. The second-order valence-electron chi connectivity index (χ2n) is 9.16. The van der Waals surface area contributed by atoms with Gasteiger partial charge in [0.25, 0.3) is 0 Å². The largest absolute Gasteiger partial charge is 0.462 e. The Morgan fingerprint density at radius 1 is 1.17 bits per heavy atom. The zero-order valence-corrected chi connectivity index (χ0v) is 22.4. The molecule has 0 spiro atoms. The number of nitrogens with zero attached hydrogens (tertiary/aromatic N) is 1. The van der Waals surface area contributed by atoms with Crippen LogP contribution in [0.15, 0.2) is 59.6 Å². The molecule has 2 heterocycles. The first-order chi connectivity index (χ1) is 17.4. The number of hydrogen-bond acceptors (Lipinski definition) is 5. The molecule has 0 radical (unpaired) electrons. The molecule has 2 aromatic carbocycles. The Kier molecular flexibility index (Phi) is 7.21. The predicted octanol–water partition coefficient (Wildman–Crippen LogP) is 6.84. The lowest BCUT2D eigenvalue weighted by atomic mass is 10.1. The molecule has 5 rings (SSSR count). The van der Waals surface area contributed by atoms with Crippen LogP contribution >= 0.6 is 23.1 Å². The minimum Gasteiger partial charge on any atom is -0.462 e. The number of benzene rings is 2. The Balaban J connectivity index is 1.36. The third kappa shape index (κ3) is 4.95. The van der Waals surface area contributed by atoms with E-state index in [1.54, 1.807) is 18.7 Å². The molecular weight excluding hydrogens is 488 g/mol. The Hall–Kier alpha value is -3.03. The minimum absolute atomic E-state index is 0.110. The molecule has 36 heavy (non-hydrogen) atoms. The van der Waals surface area contributed by atoms with Crippen LogP contribution in [0.2, 0.25) is 0 Å². The highest BCUT2D eigenvalue weighted by Crippen LogP contribution is 2.40. The van der Waals surface area contributed by atoms with Crippen LogP contribution in [0, 0.1) is 6.92 Å². The van der Waals surface area contributed by atoms with Crippen molar-refractivity contribution in [3.05, 3.63) is 81.9 Å². The number of aromatic nitrogens is 1. The van der Waals surface area contributed by atoms with Gasteiger partial charge in [-0.3, -0.25) is 4.79 Å². The Morgan fingerprint density at radius 3 is 2.81 bits per heavy atom. The number of thioether (sulfide) groups is 1.